The predicted octanol–water partition coefficient (Wildman–Crippen LogP) is 3.39. The molecule has 2 unspecified atom stereocenters. The van der Waals surface area contributed by atoms with Gasteiger partial charge < -0.3 is 0 Å². The zero-order valence-electron chi connectivity index (χ0n) is 8.56. The fourth-order valence-electron chi connectivity index (χ4n) is 0.838. The second-order valence-corrected chi connectivity index (χ2v) is 7.36. The highest BCUT2D eigenvalue weighted by molar-refractivity contribution is 8.04. The van der Waals surface area contributed by atoms with Gasteiger partial charge in [-0.25, -0.2) is 0 Å². The molecule has 0 spiro atoms. The Kier molecular flexibility index (Phi) is 12.6. The zero-order chi connectivity index (χ0) is 10.8. The van der Waals surface area contributed by atoms with Crippen LogP contribution in [0.3, 0.4) is 0 Å². The summed E-state index contributed by atoms with van der Waals surface area (Å²) in [4.78, 5) is 0. The van der Waals surface area contributed by atoms with Gasteiger partial charge in [-0.15, -0.1) is 0 Å². The van der Waals surface area contributed by atoms with Gasteiger partial charge in [-0.3, -0.25) is 0 Å². The predicted molar refractivity (Wildman–Crippen MR) is 84.3 cm³/mol. The van der Waals surface area contributed by atoms with E-state index < -0.39 is 0 Å². The smallest absolute Gasteiger partial charge is 0.0226 e. The Labute approximate surface area is 113 Å². The van der Waals surface area contributed by atoms with Crippen molar-refractivity contribution < 1.29 is 0 Å². The SMILES string of the molecule is CC(S)CCSC(CS)CSCCS. The molecule has 5 heteroatoms. The average Bonchev–Trinajstić information content (AvgIpc) is 2.15. The number of hydrogen-bond acceptors (Lipinski definition) is 5. The summed E-state index contributed by atoms with van der Waals surface area (Å²) in [7, 11) is 0. The zero-order valence-corrected chi connectivity index (χ0v) is 12.9. The van der Waals surface area contributed by atoms with Crippen molar-refractivity contribution in [3.8, 4) is 0 Å². The molecule has 0 bridgehead atoms. The van der Waals surface area contributed by atoms with Crippen molar-refractivity contribution in [2.75, 3.05) is 28.8 Å². The van der Waals surface area contributed by atoms with Gasteiger partial charge in [0.1, 0.15) is 0 Å². The Hall–Kier alpha value is 1.75. The summed E-state index contributed by atoms with van der Waals surface area (Å²) in [6.45, 7) is 2.15. The van der Waals surface area contributed by atoms with E-state index in [0.717, 1.165) is 17.3 Å². The van der Waals surface area contributed by atoms with Gasteiger partial charge in [0.05, 0.1) is 0 Å². The third kappa shape index (κ3) is 10.3. The molecular formula is C9H20S5. The molecule has 0 saturated carbocycles. The maximum Gasteiger partial charge on any atom is 0.0226 e. The van der Waals surface area contributed by atoms with Gasteiger partial charge >= 0.3 is 0 Å². The van der Waals surface area contributed by atoms with Crippen LogP contribution in [0.4, 0.5) is 0 Å². The van der Waals surface area contributed by atoms with Crippen molar-refractivity contribution in [1.82, 2.24) is 0 Å². The third-order valence-electron chi connectivity index (χ3n) is 1.63. The highest BCUT2D eigenvalue weighted by atomic mass is 32.2. The van der Waals surface area contributed by atoms with Gasteiger partial charge in [0, 0.05) is 22.5 Å². The lowest BCUT2D eigenvalue weighted by atomic mass is 10.4. The Morgan fingerprint density at radius 2 is 1.93 bits per heavy atom. The van der Waals surface area contributed by atoms with E-state index in [0.29, 0.717) is 10.5 Å². The number of thiol groups is 3. The van der Waals surface area contributed by atoms with Crippen molar-refractivity contribution in [3.05, 3.63) is 0 Å². The number of hydrogen-bond donors (Lipinski definition) is 3. The Morgan fingerprint density at radius 3 is 2.43 bits per heavy atom. The summed E-state index contributed by atoms with van der Waals surface area (Å²) in [6, 6.07) is 0. The van der Waals surface area contributed by atoms with Gasteiger partial charge in [-0.1, -0.05) is 6.92 Å². The first-order valence-electron chi connectivity index (χ1n) is 4.79. The van der Waals surface area contributed by atoms with Crippen LogP contribution in [-0.2, 0) is 0 Å². The number of thioether (sulfide) groups is 2. The van der Waals surface area contributed by atoms with E-state index in [1.807, 2.05) is 23.5 Å². The Morgan fingerprint density at radius 1 is 1.21 bits per heavy atom. The lowest BCUT2D eigenvalue weighted by Crippen LogP contribution is -2.10. The van der Waals surface area contributed by atoms with E-state index in [1.54, 1.807) is 0 Å². The van der Waals surface area contributed by atoms with E-state index in [1.165, 1.54) is 17.9 Å². The highest BCUT2D eigenvalue weighted by Crippen LogP contribution is 2.20. The van der Waals surface area contributed by atoms with Gasteiger partial charge in [-0.2, -0.15) is 61.4 Å². The maximum atomic E-state index is 4.37. The molecule has 0 aromatic rings. The van der Waals surface area contributed by atoms with Gasteiger partial charge in [0.15, 0.2) is 0 Å². The molecule has 0 radical (unpaired) electrons. The monoisotopic (exact) mass is 288 g/mol. The van der Waals surface area contributed by atoms with Crippen LogP contribution >= 0.6 is 61.4 Å². The minimum absolute atomic E-state index is 0.521. The summed E-state index contributed by atoms with van der Waals surface area (Å²) in [5.41, 5.74) is 0. The fraction of sp³-hybridized carbons (Fsp3) is 1.00. The molecule has 0 aliphatic carbocycles. The molecule has 0 fully saturated rings. The van der Waals surface area contributed by atoms with Crippen molar-refractivity contribution in [2.24, 2.45) is 0 Å². The van der Waals surface area contributed by atoms with Gasteiger partial charge in [-0.05, 0) is 23.2 Å². The first kappa shape index (κ1) is 15.8. The van der Waals surface area contributed by atoms with Crippen molar-refractivity contribution in [2.45, 2.75) is 23.8 Å². The molecule has 0 heterocycles. The van der Waals surface area contributed by atoms with Crippen LogP contribution in [0.5, 0.6) is 0 Å². The minimum Gasteiger partial charge on any atom is -0.179 e. The molecule has 0 aromatic heterocycles. The Bertz CT molecular complexity index is 118. The third-order valence-corrected chi connectivity index (χ3v) is 5.72. The topological polar surface area (TPSA) is 0 Å². The standard InChI is InChI=1S/C9H20S5/c1-8(12)2-4-14-9(6-11)7-13-5-3-10/h8-12H,2-7H2,1H3. The van der Waals surface area contributed by atoms with Crippen LogP contribution in [-0.4, -0.2) is 39.3 Å². The van der Waals surface area contributed by atoms with Crippen LogP contribution in [0.25, 0.3) is 0 Å². The van der Waals surface area contributed by atoms with Gasteiger partial charge in [0.25, 0.3) is 0 Å². The molecule has 0 aliphatic rings. The van der Waals surface area contributed by atoms with Crippen LogP contribution in [0.1, 0.15) is 13.3 Å². The lowest BCUT2D eigenvalue weighted by molar-refractivity contribution is 0.921. The molecule has 2 atom stereocenters. The largest absolute Gasteiger partial charge is 0.179 e. The van der Waals surface area contributed by atoms with E-state index in [4.69, 9.17) is 0 Å². The van der Waals surface area contributed by atoms with E-state index >= 15 is 0 Å². The molecule has 0 aliphatic heterocycles. The Balaban J connectivity index is 3.38. The normalized spacial score (nSPS) is 15.4. The molecule has 14 heavy (non-hydrogen) atoms. The molecule has 0 aromatic carbocycles. The summed E-state index contributed by atoms with van der Waals surface area (Å²) in [5, 5.41) is 1.21. The lowest BCUT2D eigenvalue weighted by Gasteiger charge is -2.13. The van der Waals surface area contributed by atoms with E-state index in [-0.39, 0.29) is 0 Å². The molecule has 0 saturated heterocycles. The minimum atomic E-state index is 0.521. The van der Waals surface area contributed by atoms with Crippen molar-refractivity contribution >= 4 is 61.4 Å². The van der Waals surface area contributed by atoms with Crippen LogP contribution < -0.4 is 0 Å². The maximum absolute atomic E-state index is 4.37. The molecule has 86 valence electrons. The summed E-state index contributed by atoms with van der Waals surface area (Å²) >= 11 is 16.9. The first-order chi connectivity index (χ1) is 6.70. The van der Waals surface area contributed by atoms with Crippen molar-refractivity contribution in [1.29, 1.82) is 0 Å². The van der Waals surface area contributed by atoms with E-state index in [9.17, 15) is 0 Å². The average molecular weight is 289 g/mol. The molecule has 0 rings (SSSR count). The second-order valence-electron chi connectivity index (χ2n) is 3.11. The molecule has 0 amide bonds. The van der Waals surface area contributed by atoms with Crippen LogP contribution in [0.15, 0.2) is 0 Å². The van der Waals surface area contributed by atoms with Crippen LogP contribution in [0.2, 0.25) is 0 Å². The van der Waals surface area contributed by atoms with E-state index in [2.05, 4.69) is 44.8 Å². The first-order valence-corrected chi connectivity index (χ1v) is 8.78. The fourth-order valence-corrected chi connectivity index (χ4v) is 4.43. The quantitative estimate of drug-likeness (QED) is 0.439. The summed E-state index contributed by atoms with van der Waals surface area (Å²) < 4.78 is 0. The summed E-state index contributed by atoms with van der Waals surface area (Å²) in [6.07, 6.45) is 1.19. The molecule has 0 nitrogen and oxygen atoms in total. The summed E-state index contributed by atoms with van der Waals surface area (Å²) in [5.74, 6) is 5.51. The van der Waals surface area contributed by atoms with Crippen LogP contribution in [0, 0.1) is 0 Å². The molecular weight excluding hydrogens is 268 g/mol. The second kappa shape index (κ2) is 11.2. The molecule has 0 N–H and O–H groups in total. The highest BCUT2D eigenvalue weighted by Gasteiger charge is 2.07. The van der Waals surface area contributed by atoms with Crippen molar-refractivity contribution in [3.63, 3.8) is 0 Å². The van der Waals surface area contributed by atoms with Gasteiger partial charge in [0.2, 0.25) is 0 Å². The number of rotatable bonds is 9.